The van der Waals surface area contributed by atoms with E-state index in [2.05, 4.69) is 10.1 Å². The molecular formula is C32H31Cl2F3N4O7S. The van der Waals surface area contributed by atoms with E-state index in [0.29, 0.717) is 22.2 Å². The number of alkyl halides is 3. The van der Waals surface area contributed by atoms with Gasteiger partial charge in [0.15, 0.2) is 0 Å². The second kappa shape index (κ2) is 14.4. The van der Waals surface area contributed by atoms with E-state index < -0.39 is 80.8 Å². The van der Waals surface area contributed by atoms with Crippen LogP contribution in [0.3, 0.4) is 0 Å². The number of ether oxygens (including phenoxy) is 2. The molecule has 17 heteroatoms. The lowest BCUT2D eigenvalue weighted by Gasteiger charge is -2.54. The Balaban J connectivity index is 1.54. The van der Waals surface area contributed by atoms with E-state index in [1.54, 1.807) is 68.4 Å². The van der Waals surface area contributed by atoms with Gasteiger partial charge in [-0.1, -0.05) is 65.7 Å². The summed E-state index contributed by atoms with van der Waals surface area (Å²) in [5.74, 6) is -1.93. The van der Waals surface area contributed by atoms with Crippen LogP contribution in [0.5, 0.6) is 5.75 Å². The van der Waals surface area contributed by atoms with E-state index in [0.717, 1.165) is 21.3 Å². The summed E-state index contributed by atoms with van der Waals surface area (Å²) in [6.45, 7) is 2.48. The summed E-state index contributed by atoms with van der Waals surface area (Å²) >= 11 is 12.3. The van der Waals surface area contributed by atoms with E-state index in [4.69, 9.17) is 27.9 Å². The van der Waals surface area contributed by atoms with Crippen LogP contribution < -0.4 is 10.1 Å². The van der Waals surface area contributed by atoms with Gasteiger partial charge >= 0.3 is 12.5 Å². The minimum absolute atomic E-state index is 0.0231. The Labute approximate surface area is 290 Å². The molecule has 3 aromatic rings. The van der Waals surface area contributed by atoms with Crippen LogP contribution in [0.15, 0.2) is 77.7 Å². The van der Waals surface area contributed by atoms with Gasteiger partial charge in [-0.3, -0.25) is 9.59 Å². The highest BCUT2D eigenvalue weighted by atomic mass is 35.5. The lowest BCUT2D eigenvalue weighted by Crippen LogP contribution is -2.76. The molecule has 0 spiro atoms. The van der Waals surface area contributed by atoms with Crippen molar-refractivity contribution in [2.45, 2.75) is 62.4 Å². The van der Waals surface area contributed by atoms with E-state index >= 15 is 0 Å². The minimum atomic E-state index is -5.06. The molecule has 2 heterocycles. The van der Waals surface area contributed by atoms with Crippen LogP contribution in [0.2, 0.25) is 10.0 Å². The molecule has 0 radical (unpaired) electrons. The average molecular weight is 744 g/mol. The molecule has 3 atom stereocenters. The Bertz CT molecular complexity index is 1820. The number of amides is 3. The van der Waals surface area contributed by atoms with Gasteiger partial charge in [0.05, 0.1) is 11.6 Å². The first-order valence-corrected chi connectivity index (χ1v) is 17.2. The third kappa shape index (κ3) is 8.23. The summed E-state index contributed by atoms with van der Waals surface area (Å²) in [4.78, 5) is 43.1. The molecule has 262 valence electrons. The lowest BCUT2D eigenvalue weighted by atomic mass is 9.96. The van der Waals surface area contributed by atoms with Gasteiger partial charge in [0.1, 0.15) is 35.5 Å². The Morgan fingerprint density at radius 1 is 0.959 bits per heavy atom. The minimum Gasteiger partial charge on any atom is -0.445 e. The lowest BCUT2D eigenvalue weighted by molar-refractivity contribution is -0.274. The number of halogens is 5. The monoisotopic (exact) mass is 742 g/mol. The van der Waals surface area contributed by atoms with Crippen LogP contribution >= 0.6 is 23.2 Å². The number of carbonyl (C=O) groups is 3. The van der Waals surface area contributed by atoms with E-state index in [9.17, 15) is 36.0 Å². The highest BCUT2D eigenvalue weighted by molar-refractivity contribution is 7.89. The van der Waals surface area contributed by atoms with Gasteiger partial charge < -0.3 is 24.6 Å². The van der Waals surface area contributed by atoms with Gasteiger partial charge in [-0.15, -0.1) is 13.2 Å². The quantitative estimate of drug-likeness (QED) is 0.319. The number of nitrogens with one attached hydrogen (secondary N) is 1. The number of hydrogen-bond donors (Lipinski definition) is 1. The summed E-state index contributed by atoms with van der Waals surface area (Å²) in [6.07, 6.45) is -7.38. The number of piperazine rings is 1. The Morgan fingerprint density at radius 2 is 1.63 bits per heavy atom. The van der Waals surface area contributed by atoms with Crippen LogP contribution in [0.4, 0.5) is 18.0 Å². The molecule has 1 N–H and O–H groups in total. The number of carbonyl (C=O) groups excluding carboxylic acids is 3. The normalized spacial score (nSPS) is 20.3. The Kier molecular flexibility index (Phi) is 10.7. The molecule has 0 aliphatic carbocycles. The molecule has 49 heavy (non-hydrogen) atoms. The van der Waals surface area contributed by atoms with Crippen LogP contribution in [0, 0.1) is 0 Å². The highest BCUT2D eigenvalue weighted by Crippen LogP contribution is 2.36. The van der Waals surface area contributed by atoms with Crippen molar-refractivity contribution in [1.29, 1.82) is 0 Å². The highest BCUT2D eigenvalue weighted by Gasteiger charge is 2.54. The molecule has 2 fully saturated rings. The standard InChI is InChI=1S/C32H31Cl2F3N4O7S/c1-19(2)39-17-28-40(49(45,46)27-13-12-23(15-24(27)34)48-32(35,36)37)16-25(38-31(44)47-18-21-6-4-3-5-7-21)29(42)41(28)26(30(39)43)14-20-8-10-22(33)11-9-20/h3-13,15,19,25-26,28H,14,16-18H2,1-2H3,(H,38,44). The van der Waals surface area contributed by atoms with Gasteiger partial charge in [-0.2, -0.15) is 4.31 Å². The Hall–Kier alpha value is -4.05. The zero-order valence-corrected chi connectivity index (χ0v) is 28.4. The molecule has 0 aromatic heterocycles. The Morgan fingerprint density at radius 3 is 2.24 bits per heavy atom. The summed E-state index contributed by atoms with van der Waals surface area (Å²) in [5.41, 5.74) is 1.28. The summed E-state index contributed by atoms with van der Waals surface area (Å²) in [6, 6.07) is 14.5. The van der Waals surface area contributed by atoms with E-state index in [1.807, 2.05) is 0 Å². The van der Waals surface area contributed by atoms with Crippen molar-refractivity contribution in [2.24, 2.45) is 0 Å². The first-order chi connectivity index (χ1) is 23.0. The molecule has 3 unspecified atom stereocenters. The van der Waals surface area contributed by atoms with Crippen molar-refractivity contribution in [2.75, 3.05) is 13.1 Å². The van der Waals surface area contributed by atoms with Crippen LogP contribution in [0.1, 0.15) is 25.0 Å². The largest absolute Gasteiger partial charge is 0.573 e. The van der Waals surface area contributed by atoms with Crippen molar-refractivity contribution in [1.82, 2.24) is 19.4 Å². The van der Waals surface area contributed by atoms with Gasteiger partial charge in [0.2, 0.25) is 21.8 Å². The number of alkyl carbamates (subject to hydrolysis) is 1. The predicted molar refractivity (Wildman–Crippen MR) is 172 cm³/mol. The van der Waals surface area contributed by atoms with Crippen LogP contribution in [-0.2, 0) is 37.4 Å². The fourth-order valence-electron chi connectivity index (χ4n) is 5.74. The first-order valence-electron chi connectivity index (χ1n) is 15.0. The van der Waals surface area contributed by atoms with Gasteiger partial charge in [-0.05, 0) is 49.2 Å². The number of fused-ring (bicyclic) bond motifs is 1. The van der Waals surface area contributed by atoms with Crippen molar-refractivity contribution in [3.8, 4) is 5.75 Å². The molecule has 0 bridgehead atoms. The smallest absolute Gasteiger partial charge is 0.445 e. The van der Waals surface area contributed by atoms with Gasteiger partial charge in [0.25, 0.3) is 0 Å². The maximum absolute atomic E-state index is 14.3. The SMILES string of the molecule is CC(C)N1CC2N(C(=O)C(NC(=O)OCc3ccccc3)CN2S(=O)(=O)c2ccc(OC(F)(F)F)cc2Cl)C(Cc2ccc(Cl)cc2)C1=O. The van der Waals surface area contributed by atoms with Crippen molar-refractivity contribution in [3.63, 3.8) is 0 Å². The molecule has 3 amide bonds. The third-order valence-corrected chi connectivity index (χ3v) is 10.6. The summed E-state index contributed by atoms with van der Waals surface area (Å²) in [5, 5.41) is 2.29. The molecule has 2 aliphatic heterocycles. The number of rotatable bonds is 9. The zero-order valence-electron chi connectivity index (χ0n) is 26.1. The van der Waals surface area contributed by atoms with Crippen molar-refractivity contribution >= 4 is 51.1 Å². The molecule has 2 saturated heterocycles. The second-order valence-electron chi connectivity index (χ2n) is 11.6. The molecule has 3 aromatic carbocycles. The maximum Gasteiger partial charge on any atom is 0.573 e. The zero-order chi connectivity index (χ0) is 35.7. The van der Waals surface area contributed by atoms with E-state index in [1.165, 1.54) is 4.90 Å². The topological polar surface area (TPSA) is 126 Å². The van der Waals surface area contributed by atoms with Crippen molar-refractivity contribution < 1.29 is 45.4 Å². The summed E-state index contributed by atoms with van der Waals surface area (Å²) in [7, 11) is -4.72. The van der Waals surface area contributed by atoms with Gasteiger partial charge in [0, 0.05) is 30.1 Å². The number of hydrogen-bond acceptors (Lipinski definition) is 7. The maximum atomic E-state index is 14.3. The molecule has 11 nitrogen and oxygen atoms in total. The first kappa shape index (κ1) is 36.2. The van der Waals surface area contributed by atoms with Crippen LogP contribution in [-0.4, -0.2) is 84.2 Å². The predicted octanol–water partition coefficient (Wildman–Crippen LogP) is 5.21. The second-order valence-corrected chi connectivity index (χ2v) is 14.3. The third-order valence-electron chi connectivity index (χ3n) is 8.03. The molecule has 5 rings (SSSR count). The molecule has 2 aliphatic rings. The number of nitrogens with zero attached hydrogens (tertiary/aromatic N) is 3. The fraction of sp³-hybridized carbons (Fsp3) is 0.344. The fourth-order valence-corrected chi connectivity index (χ4v) is 7.96. The van der Waals surface area contributed by atoms with Crippen molar-refractivity contribution in [3.05, 3.63) is 94.0 Å². The molecule has 0 saturated carbocycles. The summed E-state index contributed by atoms with van der Waals surface area (Å²) < 4.78 is 77.3. The average Bonchev–Trinajstić information content (AvgIpc) is 3.02. The van der Waals surface area contributed by atoms with Crippen LogP contribution in [0.25, 0.3) is 0 Å². The number of benzene rings is 3. The number of sulfonamides is 1. The van der Waals surface area contributed by atoms with Gasteiger partial charge in [-0.25, -0.2) is 13.2 Å². The van der Waals surface area contributed by atoms with E-state index in [-0.39, 0.29) is 19.6 Å². The molecular weight excluding hydrogens is 712 g/mol.